The maximum absolute atomic E-state index is 11.2. The van der Waals surface area contributed by atoms with E-state index in [9.17, 15) is 4.79 Å². The zero-order chi connectivity index (χ0) is 19.9. The van der Waals surface area contributed by atoms with E-state index in [-0.39, 0.29) is 0 Å². The Labute approximate surface area is 166 Å². The third-order valence-corrected chi connectivity index (χ3v) is 5.33. The van der Waals surface area contributed by atoms with E-state index in [1.165, 1.54) is 5.56 Å². The Morgan fingerprint density at radius 3 is 2.57 bits per heavy atom. The molecule has 2 aromatic heterocycles. The molecule has 0 atom stereocenters. The lowest BCUT2D eigenvalue weighted by Crippen LogP contribution is -2.35. The number of carbonyl (C=O) groups is 1. The number of rotatable bonds is 8. The minimum absolute atomic E-state index is 0.437. The highest BCUT2D eigenvalue weighted by molar-refractivity contribution is 5.93. The van der Waals surface area contributed by atoms with Gasteiger partial charge in [0.2, 0.25) is 11.8 Å². The summed E-state index contributed by atoms with van der Waals surface area (Å²) in [5.74, 6) is 1.64. The Morgan fingerprint density at radius 1 is 1.25 bits per heavy atom. The van der Waals surface area contributed by atoms with Gasteiger partial charge in [-0.2, -0.15) is 0 Å². The number of nitrogens with two attached hydrogens (primary N) is 1. The number of pyridine rings is 1. The lowest BCUT2D eigenvalue weighted by Gasteiger charge is -2.32. The van der Waals surface area contributed by atoms with E-state index < -0.39 is 5.91 Å². The van der Waals surface area contributed by atoms with Crippen LogP contribution in [0.5, 0.6) is 5.88 Å². The molecule has 0 unspecified atom stereocenters. The molecule has 0 radical (unpaired) electrons. The molecule has 0 aliphatic carbocycles. The number of hydrogen-bond donors (Lipinski definition) is 1. The molecule has 7 heteroatoms. The molecular weight excluding hydrogens is 354 g/mol. The summed E-state index contributed by atoms with van der Waals surface area (Å²) in [6.45, 7) is 6.52. The van der Waals surface area contributed by atoms with Gasteiger partial charge >= 0.3 is 0 Å². The molecule has 0 spiro atoms. The number of amides is 1. The van der Waals surface area contributed by atoms with E-state index in [0.717, 1.165) is 51.1 Å². The molecule has 3 rings (SSSR count). The first-order valence-corrected chi connectivity index (χ1v) is 10.0. The maximum Gasteiger partial charge on any atom is 0.250 e. The minimum atomic E-state index is -0.463. The second kappa shape index (κ2) is 9.48. The van der Waals surface area contributed by atoms with Crippen LogP contribution < -0.4 is 15.4 Å². The Morgan fingerprint density at radius 2 is 1.96 bits per heavy atom. The van der Waals surface area contributed by atoms with E-state index >= 15 is 0 Å². The normalized spacial score (nSPS) is 14.9. The van der Waals surface area contributed by atoms with Gasteiger partial charge in [-0.3, -0.25) is 4.79 Å². The largest absolute Gasteiger partial charge is 0.478 e. The van der Waals surface area contributed by atoms with E-state index in [0.29, 0.717) is 29.7 Å². The van der Waals surface area contributed by atoms with E-state index in [1.54, 1.807) is 19.1 Å². The molecule has 0 saturated carbocycles. The summed E-state index contributed by atoms with van der Waals surface area (Å²) in [6.07, 6.45) is 9.27. The molecular formula is C21H29N5O2. The monoisotopic (exact) mass is 383 g/mol. The summed E-state index contributed by atoms with van der Waals surface area (Å²) in [5, 5.41) is 0. The smallest absolute Gasteiger partial charge is 0.250 e. The van der Waals surface area contributed by atoms with E-state index in [1.807, 2.05) is 12.4 Å². The van der Waals surface area contributed by atoms with Crippen LogP contribution in [0.4, 0.5) is 5.95 Å². The molecule has 0 aromatic carbocycles. The molecule has 2 N–H and O–H groups in total. The molecule has 1 saturated heterocycles. The number of carbonyl (C=O) groups excluding carboxylic acids is 1. The summed E-state index contributed by atoms with van der Waals surface area (Å²) in [5.41, 5.74) is 7.51. The lowest BCUT2D eigenvalue weighted by atomic mass is 9.92. The van der Waals surface area contributed by atoms with Crippen LogP contribution in [0, 0.1) is 12.8 Å². The fraction of sp³-hybridized carbons (Fsp3) is 0.524. The van der Waals surface area contributed by atoms with Crippen LogP contribution in [0.15, 0.2) is 24.5 Å². The van der Waals surface area contributed by atoms with Crippen molar-refractivity contribution in [2.24, 2.45) is 11.7 Å². The topological polar surface area (TPSA) is 94.2 Å². The molecule has 150 valence electrons. The Kier molecular flexibility index (Phi) is 6.79. The van der Waals surface area contributed by atoms with Crippen molar-refractivity contribution in [1.82, 2.24) is 15.0 Å². The van der Waals surface area contributed by atoms with E-state index in [4.69, 9.17) is 10.5 Å². The number of aromatic nitrogens is 3. The summed E-state index contributed by atoms with van der Waals surface area (Å²) in [4.78, 5) is 26.8. The lowest BCUT2D eigenvalue weighted by molar-refractivity contribution is 0.0999. The zero-order valence-electron chi connectivity index (χ0n) is 16.7. The molecule has 28 heavy (non-hydrogen) atoms. The van der Waals surface area contributed by atoms with Gasteiger partial charge in [0.25, 0.3) is 5.91 Å². The molecule has 1 amide bonds. The fourth-order valence-electron chi connectivity index (χ4n) is 3.54. The number of anilines is 1. The van der Waals surface area contributed by atoms with Gasteiger partial charge in [-0.1, -0.05) is 6.92 Å². The van der Waals surface area contributed by atoms with Crippen LogP contribution in [0.25, 0.3) is 0 Å². The van der Waals surface area contributed by atoms with Crippen molar-refractivity contribution < 1.29 is 9.53 Å². The van der Waals surface area contributed by atoms with Crippen LogP contribution in [0.2, 0.25) is 0 Å². The Bertz CT molecular complexity index is 786. The first-order chi connectivity index (χ1) is 13.6. The van der Waals surface area contributed by atoms with Crippen LogP contribution in [0.3, 0.4) is 0 Å². The molecule has 1 aliphatic rings. The average molecular weight is 383 g/mol. The highest BCUT2D eigenvalue weighted by atomic mass is 16.5. The summed E-state index contributed by atoms with van der Waals surface area (Å²) < 4.78 is 5.73. The van der Waals surface area contributed by atoms with Crippen molar-refractivity contribution in [3.8, 4) is 5.88 Å². The minimum Gasteiger partial charge on any atom is -0.478 e. The van der Waals surface area contributed by atoms with Crippen LogP contribution in [-0.4, -0.2) is 40.6 Å². The van der Waals surface area contributed by atoms with Gasteiger partial charge in [-0.25, -0.2) is 15.0 Å². The van der Waals surface area contributed by atoms with Crippen LogP contribution in [-0.2, 0) is 6.42 Å². The Hall–Kier alpha value is -2.70. The molecule has 7 nitrogen and oxygen atoms in total. The number of aryl methyl sites for hydroxylation is 2. The second-order valence-electron chi connectivity index (χ2n) is 7.31. The van der Waals surface area contributed by atoms with Crippen molar-refractivity contribution in [2.75, 3.05) is 24.6 Å². The van der Waals surface area contributed by atoms with Crippen molar-refractivity contribution in [2.45, 2.75) is 46.0 Å². The summed E-state index contributed by atoms with van der Waals surface area (Å²) >= 11 is 0. The van der Waals surface area contributed by atoms with Gasteiger partial charge in [0.1, 0.15) is 0 Å². The fourth-order valence-corrected chi connectivity index (χ4v) is 3.54. The van der Waals surface area contributed by atoms with Gasteiger partial charge < -0.3 is 15.4 Å². The summed E-state index contributed by atoms with van der Waals surface area (Å²) in [7, 11) is 0. The molecule has 1 fully saturated rings. The number of piperidine rings is 1. The highest BCUT2D eigenvalue weighted by Gasteiger charge is 2.20. The predicted molar refractivity (Wildman–Crippen MR) is 109 cm³/mol. The predicted octanol–water partition coefficient (Wildman–Crippen LogP) is 2.92. The molecule has 2 aromatic rings. The average Bonchev–Trinajstić information content (AvgIpc) is 2.71. The van der Waals surface area contributed by atoms with Gasteiger partial charge in [-0.15, -0.1) is 0 Å². The molecule has 3 heterocycles. The number of nitrogens with zero attached hydrogens (tertiary/aromatic N) is 4. The summed E-state index contributed by atoms with van der Waals surface area (Å²) in [6, 6.07) is 3.38. The quantitative estimate of drug-likeness (QED) is 0.705. The van der Waals surface area contributed by atoms with Crippen LogP contribution >= 0.6 is 0 Å². The van der Waals surface area contributed by atoms with Gasteiger partial charge in [0.05, 0.1) is 17.9 Å². The number of ether oxygens (including phenoxy) is 1. The number of hydrogen-bond acceptors (Lipinski definition) is 6. The zero-order valence-corrected chi connectivity index (χ0v) is 16.7. The highest BCUT2D eigenvalue weighted by Crippen LogP contribution is 2.24. The van der Waals surface area contributed by atoms with Crippen LogP contribution in [0.1, 0.15) is 54.2 Å². The first-order valence-electron chi connectivity index (χ1n) is 10.0. The van der Waals surface area contributed by atoms with Crippen molar-refractivity contribution in [3.63, 3.8) is 0 Å². The SMILES string of the molecule is CCc1cnc(N2CCC(CCCOc3ccc(C(N)=O)c(C)n3)CC2)nc1. The van der Waals surface area contributed by atoms with Crippen molar-refractivity contribution in [1.29, 1.82) is 0 Å². The molecule has 1 aliphatic heterocycles. The van der Waals surface area contributed by atoms with Crippen molar-refractivity contribution >= 4 is 11.9 Å². The van der Waals surface area contributed by atoms with E-state index in [2.05, 4.69) is 26.8 Å². The Balaban J connectivity index is 1.37. The van der Waals surface area contributed by atoms with Gasteiger partial charge in [0, 0.05) is 31.5 Å². The van der Waals surface area contributed by atoms with Gasteiger partial charge in [0.15, 0.2) is 0 Å². The van der Waals surface area contributed by atoms with Gasteiger partial charge in [-0.05, 0) is 56.6 Å². The standard InChI is InChI=1S/C21H29N5O2/c1-3-16-13-23-21(24-14-16)26-10-8-17(9-11-26)5-4-12-28-19-7-6-18(20(22)27)15(2)25-19/h6-7,13-14,17H,3-5,8-12H2,1-2H3,(H2,22,27). The third-order valence-electron chi connectivity index (χ3n) is 5.33. The third kappa shape index (κ3) is 5.18. The first kappa shape index (κ1) is 20.0. The second-order valence-corrected chi connectivity index (χ2v) is 7.31. The maximum atomic E-state index is 11.2. The van der Waals surface area contributed by atoms with Crippen molar-refractivity contribution in [3.05, 3.63) is 41.3 Å². The molecule has 0 bridgehead atoms. The number of primary amides is 1.